The quantitative estimate of drug-likeness (QED) is 0.258. The van der Waals surface area contributed by atoms with Gasteiger partial charge in [0.2, 0.25) is 5.90 Å². The maximum absolute atomic E-state index is 12.6. The fraction of sp³-hybridized carbons (Fsp3) is 0.107. The molecule has 2 heterocycles. The zero-order chi connectivity index (χ0) is 22.9. The van der Waals surface area contributed by atoms with Crippen molar-refractivity contribution in [3.63, 3.8) is 0 Å². The molecule has 0 unspecified atom stereocenters. The molecule has 0 aliphatic carbocycles. The number of para-hydroxylation sites is 1. The molecule has 0 saturated heterocycles. The number of carbonyl (C=O) groups excluding carboxylic acids is 1. The Labute approximate surface area is 197 Å². The molecule has 1 aromatic heterocycles. The number of carbonyl (C=O) groups is 1. The monoisotopic (exact) mass is 450 g/mol. The van der Waals surface area contributed by atoms with Gasteiger partial charge < -0.3 is 4.74 Å². The van der Waals surface area contributed by atoms with E-state index >= 15 is 0 Å². The van der Waals surface area contributed by atoms with Gasteiger partial charge in [-0.15, -0.1) is 0 Å². The van der Waals surface area contributed by atoms with Gasteiger partial charge in [-0.2, -0.15) is 0 Å². The first kappa shape index (κ1) is 21.2. The molecule has 162 valence electrons. The lowest BCUT2D eigenvalue weighted by molar-refractivity contribution is -0.129. The lowest BCUT2D eigenvalue weighted by Gasteiger charge is -2.10. The molecule has 1 aliphatic heterocycles. The molecule has 0 radical (unpaired) electrons. The van der Waals surface area contributed by atoms with Crippen LogP contribution in [-0.2, 0) is 9.53 Å². The second-order valence-corrected chi connectivity index (χ2v) is 9.21. The van der Waals surface area contributed by atoms with Crippen molar-refractivity contribution in [2.75, 3.05) is 0 Å². The third-order valence-corrected chi connectivity index (χ3v) is 6.52. The predicted molar refractivity (Wildman–Crippen MR) is 134 cm³/mol. The van der Waals surface area contributed by atoms with Crippen molar-refractivity contribution < 1.29 is 9.53 Å². The number of esters is 1. The minimum absolute atomic E-state index is 0.269. The molecular formula is C28H22N2O2S. The molecule has 1 aliphatic rings. The topological polar surface area (TPSA) is 51.6 Å². The highest BCUT2D eigenvalue weighted by Crippen LogP contribution is 2.34. The normalized spacial score (nSPS) is 14.6. The number of rotatable bonds is 4. The summed E-state index contributed by atoms with van der Waals surface area (Å²) >= 11 is 1.57. The van der Waals surface area contributed by atoms with Crippen LogP contribution >= 0.6 is 11.8 Å². The van der Waals surface area contributed by atoms with Crippen LogP contribution in [0, 0.1) is 20.8 Å². The molecule has 0 fully saturated rings. The van der Waals surface area contributed by atoms with Crippen LogP contribution in [0.2, 0.25) is 0 Å². The van der Waals surface area contributed by atoms with Crippen molar-refractivity contribution in [1.82, 2.24) is 4.98 Å². The fourth-order valence-electron chi connectivity index (χ4n) is 3.63. The third-order valence-electron chi connectivity index (χ3n) is 5.49. The summed E-state index contributed by atoms with van der Waals surface area (Å²) in [5.41, 5.74) is 6.28. The molecule has 5 heteroatoms. The Kier molecular flexibility index (Phi) is 5.56. The first-order valence-electron chi connectivity index (χ1n) is 10.7. The average Bonchev–Trinajstić information content (AvgIpc) is 3.17. The number of aromatic nitrogens is 1. The molecule has 33 heavy (non-hydrogen) atoms. The van der Waals surface area contributed by atoms with E-state index in [9.17, 15) is 4.79 Å². The maximum atomic E-state index is 12.6. The number of fused-ring (bicyclic) bond motifs is 1. The van der Waals surface area contributed by atoms with Crippen LogP contribution in [0.15, 0.2) is 93.4 Å². The van der Waals surface area contributed by atoms with Gasteiger partial charge in [0, 0.05) is 21.4 Å². The number of aryl methyl sites for hydroxylation is 3. The summed E-state index contributed by atoms with van der Waals surface area (Å²) in [5, 5.41) is 1.84. The molecular weight excluding hydrogens is 428 g/mol. The van der Waals surface area contributed by atoms with Gasteiger partial charge in [-0.3, -0.25) is 0 Å². The van der Waals surface area contributed by atoms with Crippen LogP contribution in [0.4, 0.5) is 0 Å². The molecule has 5 rings (SSSR count). The maximum Gasteiger partial charge on any atom is 0.363 e. The van der Waals surface area contributed by atoms with Crippen LogP contribution in [0.1, 0.15) is 27.8 Å². The zero-order valence-electron chi connectivity index (χ0n) is 18.6. The molecule has 0 atom stereocenters. The number of nitrogens with zero attached hydrogens (tertiary/aromatic N) is 2. The molecule has 0 saturated carbocycles. The third kappa shape index (κ3) is 4.45. The highest BCUT2D eigenvalue weighted by atomic mass is 32.2. The number of aliphatic imine (C=N–C) groups is 1. The van der Waals surface area contributed by atoms with Crippen LogP contribution < -0.4 is 0 Å². The van der Waals surface area contributed by atoms with E-state index in [2.05, 4.69) is 55.2 Å². The second-order valence-electron chi connectivity index (χ2n) is 8.15. The summed E-state index contributed by atoms with van der Waals surface area (Å²) < 4.78 is 5.47. The first-order valence-corrected chi connectivity index (χ1v) is 11.5. The van der Waals surface area contributed by atoms with Gasteiger partial charge in [0.05, 0.1) is 5.52 Å². The van der Waals surface area contributed by atoms with Gasteiger partial charge >= 0.3 is 5.97 Å². The lowest BCUT2D eigenvalue weighted by Crippen LogP contribution is -2.05. The Morgan fingerprint density at radius 1 is 0.879 bits per heavy atom. The highest BCUT2D eigenvalue weighted by molar-refractivity contribution is 7.99. The van der Waals surface area contributed by atoms with Gasteiger partial charge in [0.15, 0.2) is 5.70 Å². The Balaban J connectivity index is 1.60. The number of pyridine rings is 1. The minimum atomic E-state index is -0.457. The molecule has 0 spiro atoms. The average molecular weight is 451 g/mol. The Bertz CT molecular complexity index is 1440. The Morgan fingerprint density at radius 3 is 2.30 bits per heavy atom. The summed E-state index contributed by atoms with van der Waals surface area (Å²) in [6.07, 6.45) is 1.77. The van der Waals surface area contributed by atoms with Crippen molar-refractivity contribution >= 4 is 40.6 Å². The van der Waals surface area contributed by atoms with Gasteiger partial charge in [0.1, 0.15) is 5.03 Å². The van der Waals surface area contributed by atoms with Crippen molar-refractivity contribution in [3.05, 3.63) is 106 Å². The molecule has 4 aromatic rings. The summed E-state index contributed by atoms with van der Waals surface area (Å²) in [6.45, 7) is 6.14. The van der Waals surface area contributed by atoms with Crippen LogP contribution in [0.3, 0.4) is 0 Å². The summed E-state index contributed by atoms with van der Waals surface area (Å²) in [6, 6.07) is 24.2. The van der Waals surface area contributed by atoms with E-state index in [0.717, 1.165) is 43.1 Å². The van der Waals surface area contributed by atoms with E-state index in [1.165, 1.54) is 5.56 Å². The molecule has 4 nitrogen and oxygen atoms in total. The Morgan fingerprint density at radius 2 is 1.58 bits per heavy atom. The van der Waals surface area contributed by atoms with Gasteiger partial charge in [-0.1, -0.05) is 65.4 Å². The number of hydrogen-bond donors (Lipinski definition) is 0. The Hall–Kier alpha value is -3.70. The van der Waals surface area contributed by atoms with E-state index < -0.39 is 5.97 Å². The number of hydrogen-bond acceptors (Lipinski definition) is 5. The van der Waals surface area contributed by atoms with Crippen molar-refractivity contribution in [1.29, 1.82) is 0 Å². The van der Waals surface area contributed by atoms with Crippen LogP contribution in [0.25, 0.3) is 17.0 Å². The van der Waals surface area contributed by atoms with Gasteiger partial charge in [-0.25, -0.2) is 14.8 Å². The SMILES string of the molecule is Cc1ccc(Sc2nc3c(C)cccc3cc2/C=C2/N=C(c3ccc(C)cc3)OC2=O)cc1. The molecule has 0 N–H and O–H groups in total. The number of ether oxygens (including phenoxy) is 1. The second kappa shape index (κ2) is 8.68. The van der Waals surface area contributed by atoms with E-state index in [1.807, 2.05) is 43.3 Å². The van der Waals surface area contributed by atoms with E-state index in [0.29, 0.717) is 5.90 Å². The van der Waals surface area contributed by atoms with E-state index in [4.69, 9.17) is 9.72 Å². The number of cyclic esters (lactones) is 1. The predicted octanol–water partition coefficient (Wildman–Crippen LogP) is 6.66. The molecule has 0 amide bonds. The van der Waals surface area contributed by atoms with Crippen LogP contribution in [-0.4, -0.2) is 16.9 Å². The summed E-state index contributed by atoms with van der Waals surface area (Å²) in [5.74, 6) is -0.134. The van der Waals surface area contributed by atoms with Crippen molar-refractivity contribution in [2.24, 2.45) is 4.99 Å². The standard InChI is InChI=1S/C28H22N2O2S/c1-17-7-11-20(12-8-17)26-29-24(28(31)32-26)16-22-15-21-6-4-5-19(3)25(21)30-27(22)33-23-13-9-18(2)10-14-23/h4-16H,1-3H3/b24-16+. The van der Waals surface area contributed by atoms with Crippen molar-refractivity contribution in [3.8, 4) is 0 Å². The highest BCUT2D eigenvalue weighted by Gasteiger charge is 2.25. The molecule has 0 bridgehead atoms. The van der Waals surface area contributed by atoms with Gasteiger partial charge in [0.25, 0.3) is 0 Å². The first-order chi connectivity index (χ1) is 16.0. The van der Waals surface area contributed by atoms with Gasteiger partial charge in [-0.05, 0) is 62.7 Å². The fourth-order valence-corrected chi connectivity index (χ4v) is 4.49. The summed E-state index contributed by atoms with van der Waals surface area (Å²) in [7, 11) is 0. The van der Waals surface area contributed by atoms with Crippen molar-refractivity contribution in [2.45, 2.75) is 30.7 Å². The number of benzene rings is 3. The lowest BCUT2D eigenvalue weighted by atomic mass is 10.1. The largest absolute Gasteiger partial charge is 0.402 e. The molecule has 3 aromatic carbocycles. The van der Waals surface area contributed by atoms with E-state index in [-0.39, 0.29) is 5.70 Å². The van der Waals surface area contributed by atoms with E-state index in [1.54, 1.807) is 17.8 Å². The smallest absolute Gasteiger partial charge is 0.363 e. The zero-order valence-corrected chi connectivity index (χ0v) is 19.4. The summed E-state index contributed by atoms with van der Waals surface area (Å²) in [4.78, 5) is 23.2. The minimum Gasteiger partial charge on any atom is -0.402 e. The van der Waals surface area contributed by atoms with Crippen LogP contribution in [0.5, 0.6) is 0 Å².